The fourth-order valence-electron chi connectivity index (χ4n) is 10.4. The number of phenolic OH excluding ortho intramolecular Hbond substituents is 1. The fourth-order valence-corrected chi connectivity index (χ4v) is 10.4. The molecule has 83 heavy (non-hydrogen) atoms. The second-order valence-corrected chi connectivity index (χ2v) is 21.4. The minimum Gasteiger partial charge on any atom is -0.508 e. The van der Waals surface area contributed by atoms with E-state index in [4.69, 9.17) is 15.0 Å². The molecule has 3 aliphatic rings. The van der Waals surface area contributed by atoms with Crippen molar-refractivity contribution in [1.82, 2.24) is 46.9 Å². The molecular weight excluding hydrogens is 1080 g/mol. The molecule has 4 aromatic rings. The van der Waals surface area contributed by atoms with Gasteiger partial charge in [0.15, 0.2) is 0 Å². The standard InChI is InChI=1S/C57H76N10O16/c1-5-6-7-22-82-39-18-14-32(15-19-39)40-28-83-65-45(40)33-8-10-35(11-9-33)51(75)61-41-23-36(59-21-20-58)25-60-55(79)47-48(72)29(2)26-67(47)57(81)44(31(4)69)63-54(78)46(50(74)49(73)34-12-16-37(70)17-13-34)64-53(77)42-24-38(71)27-66(42)56(80)43(30(3)68)62-52(41)76/h8-19,28-31,36,38,41-44,46-50,59,68-74H,5-7,20-27,58H2,1-4H3,(H,60,79)(H,61,75)(H,62,76)(H,63,78)(H,64,77)/t29-,30+,31+,36-,38+,41+,42-,43-,44-,46-,47-,48-,49-,50-/m0/s1. The second kappa shape index (κ2) is 28.6. The molecule has 26 heteroatoms. The lowest BCUT2D eigenvalue weighted by Crippen LogP contribution is -2.64. The number of hydrogen-bond donors (Lipinski definition) is 14. The number of unbranched alkanes of at least 4 members (excludes halogenated alkanes) is 2. The van der Waals surface area contributed by atoms with E-state index >= 15 is 0 Å². The number of carbonyl (C=O) groups excluding carboxylic acids is 7. The van der Waals surface area contributed by atoms with E-state index < -0.39 is 139 Å². The molecule has 3 saturated heterocycles. The Bertz CT molecular complexity index is 2870. The van der Waals surface area contributed by atoms with Gasteiger partial charge in [-0.3, -0.25) is 33.6 Å². The van der Waals surface area contributed by atoms with Crippen LogP contribution in [0.1, 0.15) is 81.8 Å². The highest BCUT2D eigenvalue weighted by Gasteiger charge is 2.50. The summed E-state index contributed by atoms with van der Waals surface area (Å²) in [5.74, 6) is -7.66. The van der Waals surface area contributed by atoms with E-state index in [0.717, 1.165) is 41.5 Å². The molecule has 26 nitrogen and oxygen atoms in total. The van der Waals surface area contributed by atoms with E-state index in [9.17, 15) is 69.3 Å². The van der Waals surface area contributed by atoms with Crippen molar-refractivity contribution in [2.75, 3.05) is 39.3 Å². The summed E-state index contributed by atoms with van der Waals surface area (Å²) in [5, 5.41) is 97.6. The van der Waals surface area contributed by atoms with Gasteiger partial charge in [-0.25, -0.2) is 0 Å². The molecule has 3 aromatic carbocycles. The minimum absolute atomic E-state index is 0.0491. The van der Waals surface area contributed by atoms with Crippen LogP contribution in [0.3, 0.4) is 0 Å². The molecule has 0 saturated carbocycles. The average molecular weight is 1160 g/mol. The smallest absolute Gasteiger partial charge is 0.251 e. The van der Waals surface area contributed by atoms with Gasteiger partial charge < -0.3 is 92.4 Å². The Morgan fingerprint density at radius 1 is 0.783 bits per heavy atom. The summed E-state index contributed by atoms with van der Waals surface area (Å²) in [6.07, 6.45) is -6.81. The number of amides is 7. The molecule has 15 N–H and O–H groups in total. The molecule has 0 unspecified atom stereocenters. The van der Waals surface area contributed by atoms with E-state index in [1.54, 1.807) is 19.1 Å². The molecule has 450 valence electrons. The van der Waals surface area contributed by atoms with Gasteiger partial charge in [-0.2, -0.15) is 0 Å². The number of hydrogen-bond acceptors (Lipinski definition) is 19. The number of phenols is 1. The van der Waals surface area contributed by atoms with Crippen LogP contribution in [0, 0.1) is 5.92 Å². The number of nitrogens with one attached hydrogen (secondary N) is 6. The first-order valence-electron chi connectivity index (χ1n) is 27.8. The Hall–Kier alpha value is -7.56. The molecule has 0 aliphatic carbocycles. The Balaban J connectivity index is 1.22. The predicted octanol–water partition coefficient (Wildman–Crippen LogP) is -1.70. The van der Waals surface area contributed by atoms with Crippen LogP contribution in [0.15, 0.2) is 83.6 Å². The molecule has 7 amide bonds. The number of benzene rings is 3. The van der Waals surface area contributed by atoms with Gasteiger partial charge in [0.25, 0.3) is 5.91 Å². The van der Waals surface area contributed by atoms with Crippen LogP contribution in [-0.2, 0) is 28.8 Å². The first-order chi connectivity index (χ1) is 39.6. The molecular formula is C57H76N10O16. The van der Waals surface area contributed by atoms with Crippen LogP contribution in [0.5, 0.6) is 11.5 Å². The first-order valence-corrected chi connectivity index (χ1v) is 27.8. The number of nitrogens with two attached hydrogens (primary N) is 1. The van der Waals surface area contributed by atoms with Gasteiger partial charge in [0.2, 0.25) is 35.4 Å². The number of fused-ring (bicyclic) bond motifs is 2. The monoisotopic (exact) mass is 1160 g/mol. The summed E-state index contributed by atoms with van der Waals surface area (Å²) < 4.78 is 11.2. The van der Waals surface area contributed by atoms with Crippen molar-refractivity contribution in [3.63, 3.8) is 0 Å². The molecule has 3 aliphatic heterocycles. The number of nitrogens with zero attached hydrogens (tertiary/aromatic N) is 3. The normalized spacial score (nSPS) is 26.5. The van der Waals surface area contributed by atoms with Gasteiger partial charge in [-0.15, -0.1) is 0 Å². The summed E-state index contributed by atoms with van der Waals surface area (Å²) in [4.78, 5) is 103. The number of ether oxygens (including phenoxy) is 1. The number of aromatic hydroxyl groups is 1. The van der Waals surface area contributed by atoms with Gasteiger partial charge in [0.1, 0.15) is 71.9 Å². The summed E-state index contributed by atoms with van der Waals surface area (Å²) >= 11 is 0. The van der Waals surface area contributed by atoms with Gasteiger partial charge in [-0.05, 0) is 74.2 Å². The number of carbonyl (C=O) groups is 7. The van der Waals surface area contributed by atoms with Crippen LogP contribution in [0.25, 0.3) is 22.4 Å². The molecule has 1 aromatic heterocycles. The van der Waals surface area contributed by atoms with Crippen molar-refractivity contribution in [3.05, 3.63) is 90.2 Å². The number of rotatable bonds is 17. The van der Waals surface area contributed by atoms with E-state index in [2.05, 4.69) is 44.0 Å². The zero-order valence-electron chi connectivity index (χ0n) is 46.6. The topological polar surface area (TPSA) is 401 Å². The van der Waals surface area contributed by atoms with Crippen molar-refractivity contribution in [2.45, 2.75) is 139 Å². The maximum atomic E-state index is 14.7. The molecule has 3 fully saturated rings. The molecule has 0 bridgehead atoms. The van der Waals surface area contributed by atoms with Crippen LogP contribution >= 0.6 is 0 Å². The molecule has 7 rings (SSSR count). The third-order valence-electron chi connectivity index (χ3n) is 15.1. The lowest BCUT2D eigenvalue weighted by atomic mass is 9.96. The zero-order valence-corrected chi connectivity index (χ0v) is 46.6. The van der Waals surface area contributed by atoms with Crippen LogP contribution < -0.4 is 42.4 Å². The van der Waals surface area contributed by atoms with Gasteiger partial charge in [-0.1, -0.05) is 68.2 Å². The van der Waals surface area contributed by atoms with Crippen molar-refractivity contribution in [2.24, 2.45) is 11.7 Å². The van der Waals surface area contributed by atoms with Crippen molar-refractivity contribution in [1.29, 1.82) is 0 Å². The maximum absolute atomic E-state index is 14.7. The summed E-state index contributed by atoms with van der Waals surface area (Å²) in [6.45, 7) is 5.61. The second-order valence-electron chi connectivity index (χ2n) is 21.4. The minimum atomic E-state index is -2.26. The average Bonchev–Trinajstić information content (AvgIpc) is 4.38. The third kappa shape index (κ3) is 15.4. The Kier molecular flexibility index (Phi) is 21.7. The van der Waals surface area contributed by atoms with Crippen molar-refractivity contribution >= 4 is 41.4 Å². The zero-order chi connectivity index (χ0) is 60.2. The van der Waals surface area contributed by atoms with E-state index in [-0.39, 0.29) is 49.5 Å². The highest BCUT2D eigenvalue weighted by atomic mass is 16.5. The molecule has 0 radical (unpaired) electrons. The van der Waals surface area contributed by atoms with Crippen LogP contribution in [0.2, 0.25) is 0 Å². The summed E-state index contributed by atoms with van der Waals surface area (Å²) in [7, 11) is 0. The van der Waals surface area contributed by atoms with Gasteiger partial charge >= 0.3 is 0 Å². The van der Waals surface area contributed by atoms with Gasteiger partial charge in [0, 0.05) is 67.8 Å². The van der Waals surface area contributed by atoms with E-state index in [1.807, 2.05) is 24.3 Å². The number of aliphatic hydroxyl groups excluding tert-OH is 6. The Labute approximate surface area is 479 Å². The third-order valence-corrected chi connectivity index (χ3v) is 15.1. The number of aromatic nitrogens is 1. The highest BCUT2D eigenvalue weighted by Crippen LogP contribution is 2.33. The first kappa shape index (κ1) is 63.0. The molecule has 0 spiro atoms. The van der Waals surface area contributed by atoms with Crippen molar-refractivity contribution < 1.29 is 78.6 Å². The highest BCUT2D eigenvalue weighted by molar-refractivity contribution is 6.00. The van der Waals surface area contributed by atoms with Crippen molar-refractivity contribution in [3.8, 4) is 33.9 Å². The Morgan fingerprint density at radius 2 is 1.41 bits per heavy atom. The van der Waals surface area contributed by atoms with E-state index in [0.29, 0.717) is 29.2 Å². The lowest BCUT2D eigenvalue weighted by Gasteiger charge is -2.34. The molecule has 4 heterocycles. The van der Waals surface area contributed by atoms with Crippen LogP contribution in [-0.4, -0.2) is 204 Å². The van der Waals surface area contributed by atoms with Gasteiger partial charge in [0.05, 0.1) is 31.0 Å². The SMILES string of the molecule is CCCCCOc1ccc(-c2conc2-c2ccc(C(=O)N[C@@H]3C[C@H](NCCN)CNC(=O)[C@@H]4[C@@H](O)[C@@H](C)CN4C(=O)[C@H]([C@@H](C)O)NC(=O)[C@H]([C@H](O)[C@@H](O)c4ccc(O)cc4)NC(=O)[C@@H]4C[C@@H](O)CN4C(=O)[C@H]([C@@H](C)O)NC3=O)cc2)cc1. The fraction of sp³-hybridized carbons (Fsp3) is 0.509. The van der Waals surface area contributed by atoms with E-state index in [1.165, 1.54) is 49.6 Å². The predicted molar refractivity (Wildman–Crippen MR) is 297 cm³/mol. The summed E-state index contributed by atoms with van der Waals surface area (Å²) in [6, 6.07) is 6.65. The van der Waals surface area contributed by atoms with Crippen LogP contribution in [0.4, 0.5) is 0 Å². The number of aliphatic hydroxyl groups is 6. The summed E-state index contributed by atoms with van der Waals surface area (Å²) in [5.41, 5.74) is 8.40. The molecule has 14 atom stereocenters. The maximum Gasteiger partial charge on any atom is 0.251 e. The largest absolute Gasteiger partial charge is 0.508 e. The lowest BCUT2D eigenvalue weighted by molar-refractivity contribution is -0.147. The quantitative estimate of drug-likeness (QED) is 0.0524. The Morgan fingerprint density at radius 3 is 2.05 bits per heavy atom.